The van der Waals surface area contributed by atoms with Gasteiger partial charge in [0.05, 0.1) is 6.04 Å². The minimum atomic E-state index is -0.460. The lowest BCUT2D eigenvalue weighted by Crippen LogP contribution is -2.57. The lowest BCUT2D eigenvalue weighted by Gasteiger charge is -2.39. The van der Waals surface area contributed by atoms with Crippen LogP contribution in [0.25, 0.3) is 0 Å². The van der Waals surface area contributed by atoms with Gasteiger partial charge in [0.25, 0.3) is 0 Å². The number of likely N-dealkylation sites (tertiary alicyclic amines) is 1. The smallest absolute Gasteiger partial charge is 0.239 e. The van der Waals surface area contributed by atoms with Gasteiger partial charge in [-0.15, -0.1) is 0 Å². The van der Waals surface area contributed by atoms with Crippen molar-refractivity contribution < 1.29 is 13.6 Å². The maximum absolute atomic E-state index is 13.8. The summed E-state index contributed by atoms with van der Waals surface area (Å²) in [5.74, 6) is -0.0289. The van der Waals surface area contributed by atoms with Crippen LogP contribution in [0.4, 0.5) is 8.78 Å². The van der Waals surface area contributed by atoms with Crippen molar-refractivity contribution in [2.75, 3.05) is 46.3 Å². The molecule has 0 bridgehead atoms. The molecule has 1 atom stereocenters. The highest BCUT2D eigenvalue weighted by Gasteiger charge is 2.30. The second-order valence-electron chi connectivity index (χ2n) is 7.37. The van der Waals surface area contributed by atoms with Crippen molar-refractivity contribution in [2.24, 2.45) is 4.99 Å². The minimum absolute atomic E-state index is 0.114. The molecule has 3 rings (SSSR count). The van der Waals surface area contributed by atoms with Crippen molar-refractivity contribution in [3.8, 4) is 0 Å². The number of aliphatic imine (C=N–C) groups is 1. The van der Waals surface area contributed by atoms with Crippen molar-refractivity contribution >= 4 is 11.9 Å². The van der Waals surface area contributed by atoms with Gasteiger partial charge in [-0.25, -0.2) is 8.78 Å². The third-order valence-electron chi connectivity index (χ3n) is 5.59. The van der Waals surface area contributed by atoms with Crippen LogP contribution in [0.5, 0.6) is 0 Å². The largest absolute Gasteiger partial charge is 0.352 e. The fourth-order valence-electron chi connectivity index (χ4n) is 3.86. The first-order valence-corrected chi connectivity index (χ1v) is 9.92. The fraction of sp³-hybridized carbons (Fsp3) is 0.600. The summed E-state index contributed by atoms with van der Waals surface area (Å²) >= 11 is 0. The monoisotopic (exact) mass is 393 g/mol. The van der Waals surface area contributed by atoms with E-state index in [1.165, 1.54) is 6.07 Å². The molecule has 0 radical (unpaired) electrons. The Hall–Kier alpha value is -2.22. The highest BCUT2D eigenvalue weighted by atomic mass is 19.1. The Morgan fingerprint density at radius 3 is 2.43 bits per heavy atom. The number of carbonyl (C=O) groups excluding carboxylic acids is 1. The molecule has 1 aromatic rings. The molecule has 2 heterocycles. The van der Waals surface area contributed by atoms with Crippen molar-refractivity contribution in [3.05, 3.63) is 35.4 Å². The van der Waals surface area contributed by atoms with Crippen LogP contribution in [0.1, 0.15) is 25.3 Å². The first kappa shape index (κ1) is 20.5. The number of hydrogen-bond acceptors (Lipinski definition) is 3. The second kappa shape index (κ2) is 9.32. The van der Waals surface area contributed by atoms with E-state index in [4.69, 9.17) is 0 Å². The van der Waals surface area contributed by atoms with Crippen molar-refractivity contribution in [2.45, 2.75) is 32.4 Å². The van der Waals surface area contributed by atoms with E-state index < -0.39 is 11.6 Å². The van der Waals surface area contributed by atoms with Gasteiger partial charge in [-0.1, -0.05) is 0 Å². The average molecular weight is 393 g/mol. The number of rotatable bonds is 4. The Kier molecular flexibility index (Phi) is 6.83. The number of guanidine groups is 1. The van der Waals surface area contributed by atoms with Crippen molar-refractivity contribution in [3.63, 3.8) is 0 Å². The molecule has 28 heavy (non-hydrogen) atoms. The van der Waals surface area contributed by atoms with Crippen LogP contribution in [0.2, 0.25) is 0 Å². The van der Waals surface area contributed by atoms with E-state index in [1.54, 1.807) is 7.05 Å². The normalized spacial score (nSPS) is 19.8. The second-order valence-corrected chi connectivity index (χ2v) is 7.37. The Bertz CT molecular complexity index is 713. The number of halogens is 2. The molecule has 1 amide bonds. The van der Waals surface area contributed by atoms with Crippen LogP contribution >= 0.6 is 0 Å². The van der Waals surface area contributed by atoms with Gasteiger partial charge in [0.1, 0.15) is 11.6 Å². The summed E-state index contributed by atoms with van der Waals surface area (Å²) in [4.78, 5) is 23.1. The van der Waals surface area contributed by atoms with E-state index in [1.807, 2.05) is 11.8 Å². The highest BCUT2D eigenvalue weighted by molar-refractivity contribution is 5.82. The van der Waals surface area contributed by atoms with Gasteiger partial charge in [-0.2, -0.15) is 0 Å². The van der Waals surface area contributed by atoms with Crippen LogP contribution in [-0.4, -0.2) is 78.9 Å². The van der Waals surface area contributed by atoms with Gasteiger partial charge in [0.15, 0.2) is 5.96 Å². The predicted octanol–water partition coefficient (Wildman–Crippen LogP) is 1.67. The van der Waals surface area contributed by atoms with E-state index >= 15 is 0 Å². The molecule has 2 aliphatic heterocycles. The number of benzene rings is 1. The third-order valence-corrected chi connectivity index (χ3v) is 5.59. The molecular formula is C20H29F2N5O. The zero-order valence-corrected chi connectivity index (χ0v) is 16.6. The van der Waals surface area contributed by atoms with Crippen molar-refractivity contribution in [1.29, 1.82) is 0 Å². The SMILES string of the molecule is CN=C(NCc1cc(F)ccc1F)N1CCN(C(C)C(=O)N2CCCC2)CC1. The molecule has 8 heteroatoms. The number of piperazine rings is 1. The van der Waals surface area contributed by atoms with Crippen LogP contribution in [0.3, 0.4) is 0 Å². The predicted molar refractivity (Wildman–Crippen MR) is 105 cm³/mol. The summed E-state index contributed by atoms with van der Waals surface area (Å²) in [6.45, 7) is 6.86. The summed E-state index contributed by atoms with van der Waals surface area (Å²) in [5.41, 5.74) is 0.268. The minimum Gasteiger partial charge on any atom is -0.352 e. The summed E-state index contributed by atoms with van der Waals surface area (Å²) in [5, 5.41) is 3.11. The molecule has 1 aromatic carbocycles. The van der Waals surface area contributed by atoms with Gasteiger partial charge in [-0.05, 0) is 38.0 Å². The van der Waals surface area contributed by atoms with Gasteiger partial charge in [-0.3, -0.25) is 14.7 Å². The summed E-state index contributed by atoms with van der Waals surface area (Å²) < 4.78 is 27.1. The lowest BCUT2D eigenvalue weighted by atomic mass is 10.2. The Balaban J connectivity index is 1.51. The molecule has 0 aliphatic carbocycles. The van der Waals surface area contributed by atoms with Gasteiger partial charge in [0.2, 0.25) is 5.91 Å². The zero-order chi connectivity index (χ0) is 20.1. The molecule has 1 N–H and O–H groups in total. The number of nitrogens with one attached hydrogen (secondary N) is 1. The quantitative estimate of drug-likeness (QED) is 0.625. The molecule has 1 unspecified atom stereocenters. The molecule has 0 aromatic heterocycles. The van der Waals surface area contributed by atoms with E-state index in [-0.39, 0.29) is 24.1 Å². The van der Waals surface area contributed by atoms with Crippen LogP contribution in [0.15, 0.2) is 23.2 Å². The zero-order valence-electron chi connectivity index (χ0n) is 16.6. The maximum atomic E-state index is 13.8. The maximum Gasteiger partial charge on any atom is 0.239 e. The van der Waals surface area contributed by atoms with E-state index in [2.05, 4.69) is 20.1 Å². The summed E-state index contributed by atoms with van der Waals surface area (Å²) in [6, 6.07) is 3.32. The van der Waals surface area contributed by atoms with E-state index in [0.29, 0.717) is 5.96 Å². The number of nitrogens with zero attached hydrogens (tertiary/aromatic N) is 4. The highest BCUT2D eigenvalue weighted by Crippen LogP contribution is 2.14. The molecule has 2 saturated heterocycles. The van der Waals surface area contributed by atoms with Crippen LogP contribution in [0, 0.1) is 11.6 Å². The third kappa shape index (κ3) is 4.79. The molecule has 6 nitrogen and oxygen atoms in total. The molecule has 154 valence electrons. The standard InChI is InChI=1S/C20H29F2N5O/c1-15(19(28)26-7-3-4-8-26)25-9-11-27(12-10-25)20(23-2)24-14-16-13-17(21)5-6-18(16)22/h5-6,13,15H,3-4,7-12,14H2,1-2H3,(H,23,24). The van der Waals surface area contributed by atoms with Crippen LogP contribution < -0.4 is 5.32 Å². The van der Waals surface area contributed by atoms with Gasteiger partial charge >= 0.3 is 0 Å². The van der Waals surface area contributed by atoms with Crippen LogP contribution in [-0.2, 0) is 11.3 Å². The summed E-state index contributed by atoms with van der Waals surface area (Å²) in [7, 11) is 1.68. The van der Waals surface area contributed by atoms with E-state index in [0.717, 1.165) is 64.2 Å². The first-order chi connectivity index (χ1) is 13.5. The number of carbonyl (C=O) groups is 1. The van der Waals surface area contributed by atoms with E-state index in [9.17, 15) is 13.6 Å². The van der Waals surface area contributed by atoms with Gasteiger partial charge < -0.3 is 15.1 Å². The number of hydrogen-bond donors (Lipinski definition) is 1. The first-order valence-electron chi connectivity index (χ1n) is 9.92. The molecule has 0 spiro atoms. The Morgan fingerprint density at radius 2 is 1.79 bits per heavy atom. The summed E-state index contributed by atoms with van der Waals surface area (Å²) in [6.07, 6.45) is 2.19. The fourth-order valence-corrected chi connectivity index (χ4v) is 3.86. The Labute approximate surface area is 165 Å². The average Bonchev–Trinajstić information content (AvgIpc) is 3.25. The molecule has 2 aliphatic rings. The topological polar surface area (TPSA) is 51.2 Å². The van der Waals surface area contributed by atoms with Gasteiger partial charge in [0, 0.05) is 58.4 Å². The lowest BCUT2D eigenvalue weighted by molar-refractivity contribution is -0.135. The molecule has 2 fully saturated rings. The van der Waals surface area contributed by atoms with Crippen molar-refractivity contribution in [1.82, 2.24) is 20.0 Å². The number of amides is 1. The molecular weight excluding hydrogens is 364 g/mol. The molecule has 0 saturated carbocycles. The Morgan fingerprint density at radius 1 is 1.11 bits per heavy atom.